The van der Waals surface area contributed by atoms with Crippen molar-refractivity contribution in [3.8, 4) is 44.8 Å². The second kappa shape index (κ2) is 12.2. The Hall–Kier alpha value is -7.16. The van der Waals surface area contributed by atoms with Crippen LogP contribution in [-0.4, -0.2) is 9.13 Å². The number of benzene rings is 9. The first-order valence-corrected chi connectivity index (χ1v) is 18.6. The van der Waals surface area contributed by atoms with Gasteiger partial charge < -0.3 is 9.13 Å². The molecular weight excluding hydrogens is 653 g/mol. The summed E-state index contributed by atoms with van der Waals surface area (Å²) in [4.78, 5) is 0. The Kier molecular flexibility index (Phi) is 6.90. The number of nitrogens with zero attached hydrogens (tertiary/aromatic N) is 2. The molecule has 0 N–H and O–H groups in total. The highest BCUT2D eigenvalue weighted by molar-refractivity contribution is 6.12. The number of para-hydroxylation sites is 2. The molecule has 2 heteroatoms. The first kappa shape index (κ1) is 30.5. The maximum absolute atomic E-state index is 2.42. The molecule has 0 aliphatic carbocycles. The second-order valence-electron chi connectivity index (χ2n) is 14.2. The molecule has 11 rings (SSSR count). The standard InChI is InChI=1S/C52H34N2/c1-2-12-35(13-3-1)38-16-10-18-43(31-38)53-49-22-8-6-20-45(49)47-33-41(26-28-51(47)53)42-27-29-52-48(34-42)46-21-7-9-23-50(46)54(52)44-19-11-17-39(32-44)40-25-24-36-14-4-5-15-37(36)30-40/h1-34H. The second-order valence-corrected chi connectivity index (χ2v) is 14.2. The summed E-state index contributed by atoms with van der Waals surface area (Å²) in [6.45, 7) is 0. The van der Waals surface area contributed by atoms with Crippen LogP contribution in [0, 0.1) is 0 Å². The van der Waals surface area contributed by atoms with E-state index in [-0.39, 0.29) is 0 Å². The normalized spacial score (nSPS) is 11.7. The summed E-state index contributed by atoms with van der Waals surface area (Å²) in [6.07, 6.45) is 0. The Morgan fingerprint density at radius 3 is 1.26 bits per heavy atom. The summed E-state index contributed by atoms with van der Waals surface area (Å²) in [7, 11) is 0. The fraction of sp³-hybridized carbons (Fsp3) is 0. The predicted octanol–water partition coefficient (Wildman–Crippen LogP) is 14.0. The van der Waals surface area contributed by atoms with E-state index in [1.165, 1.54) is 87.8 Å². The third-order valence-corrected chi connectivity index (χ3v) is 11.1. The molecular formula is C52H34N2. The summed E-state index contributed by atoms with van der Waals surface area (Å²) in [6, 6.07) is 75.2. The van der Waals surface area contributed by atoms with Crippen molar-refractivity contribution in [1.29, 1.82) is 0 Å². The van der Waals surface area contributed by atoms with E-state index in [0.29, 0.717) is 0 Å². The van der Waals surface area contributed by atoms with Crippen LogP contribution in [0.2, 0.25) is 0 Å². The lowest BCUT2D eigenvalue weighted by atomic mass is 10.0. The fourth-order valence-electron chi connectivity index (χ4n) is 8.51. The van der Waals surface area contributed by atoms with Crippen molar-refractivity contribution in [1.82, 2.24) is 9.13 Å². The minimum atomic E-state index is 1.16. The lowest BCUT2D eigenvalue weighted by molar-refractivity contribution is 1.18. The number of hydrogen-bond donors (Lipinski definition) is 0. The van der Waals surface area contributed by atoms with Gasteiger partial charge in [0.1, 0.15) is 0 Å². The van der Waals surface area contributed by atoms with Crippen LogP contribution < -0.4 is 0 Å². The van der Waals surface area contributed by atoms with Gasteiger partial charge in [-0.1, -0.05) is 140 Å². The molecule has 0 fully saturated rings. The first-order chi connectivity index (χ1) is 26.8. The number of hydrogen-bond acceptors (Lipinski definition) is 0. The van der Waals surface area contributed by atoms with Crippen LogP contribution >= 0.6 is 0 Å². The van der Waals surface area contributed by atoms with Gasteiger partial charge in [-0.05, 0) is 111 Å². The smallest absolute Gasteiger partial charge is 0.0541 e. The zero-order valence-corrected chi connectivity index (χ0v) is 29.5. The molecule has 11 aromatic rings. The maximum Gasteiger partial charge on any atom is 0.0541 e. The van der Waals surface area contributed by atoms with E-state index in [2.05, 4.69) is 215 Å². The van der Waals surface area contributed by atoms with Crippen LogP contribution in [0.4, 0.5) is 0 Å². The van der Waals surface area contributed by atoms with Crippen molar-refractivity contribution in [3.05, 3.63) is 206 Å². The third-order valence-electron chi connectivity index (χ3n) is 11.1. The molecule has 0 saturated heterocycles. The van der Waals surface area contributed by atoms with Gasteiger partial charge in [0.25, 0.3) is 0 Å². The van der Waals surface area contributed by atoms with Gasteiger partial charge in [-0.15, -0.1) is 0 Å². The Morgan fingerprint density at radius 1 is 0.222 bits per heavy atom. The zero-order valence-electron chi connectivity index (χ0n) is 29.5. The molecule has 0 aliphatic heterocycles. The van der Waals surface area contributed by atoms with Gasteiger partial charge in [0.2, 0.25) is 0 Å². The maximum atomic E-state index is 2.42. The van der Waals surface area contributed by atoms with Gasteiger partial charge in [-0.2, -0.15) is 0 Å². The fourth-order valence-corrected chi connectivity index (χ4v) is 8.51. The van der Waals surface area contributed by atoms with Gasteiger partial charge in [0.05, 0.1) is 22.1 Å². The van der Waals surface area contributed by atoms with Gasteiger partial charge in [-0.25, -0.2) is 0 Å². The molecule has 0 unspecified atom stereocenters. The van der Waals surface area contributed by atoms with E-state index in [4.69, 9.17) is 0 Å². The topological polar surface area (TPSA) is 9.86 Å². The molecule has 0 atom stereocenters. The molecule has 0 aliphatic rings. The molecule has 0 amide bonds. The molecule has 252 valence electrons. The average Bonchev–Trinajstić information content (AvgIpc) is 3.76. The van der Waals surface area contributed by atoms with Crippen molar-refractivity contribution in [2.24, 2.45) is 0 Å². The van der Waals surface area contributed by atoms with Crippen molar-refractivity contribution in [2.75, 3.05) is 0 Å². The Labute approximate surface area is 313 Å². The van der Waals surface area contributed by atoms with Crippen LogP contribution in [0.1, 0.15) is 0 Å². The van der Waals surface area contributed by atoms with Crippen LogP contribution in [0.15, 0.2) is 206 Å². The summed E-state index contributed by atoms with van der Waals surface area (Å²) in [5, 5.41) is 7.52. The van der Waals surface area contributed by atoms with Crippen molar-refractivity contribution in [2.45, 2.75) is 0 Å². The molecule has 2 aromatic heterocycles. The van der Waals surface area contributed by atoms with Gasteiger partial charge in [0.15, 0.2) is 0 Å². The van der Waals surface area contributed by atoms with Gasteiger partial charge >= 0.3 is 0 Å². The van der Waals surface area contributed by atoms with E-state index < -0.39 is 0 Å². The molecule has 0 saturated carbocycles. The highest BCUT2D eigenvalue weighted by Gasteiger charge is 2.17. The number of fused-ring (bicyclic) bond motifs is 7. The van der Waals surface area contributed by atoms with E-state index in [1.807, 2.05) is 0 Å². The van der Waals surface area contributed by atoms with Crippen LogP contribution in [-0.2, 0) is 0 Å². The molecule has 0 radical (unpaired) electrons. The van der Waals surface area contributed by atoms with Crippen LogP contribution in [0.5, 0.6) is 0 Å². The number of aromatic nitrogens is 2. The molecule has 0 bridgehead atoms. The van der Waals surface area contributed by atoms with E-state index in [1.54, 1.807) is 0 Å². The molecule has 2 nitrogen and oxygen atoms in total. The van der Waals surface area contributed by atoms with Gasteiger partial charge in [0, 0.05) is 32.9 Å². The zero-order chi connectivity index (χ0) is 35.6. The summed E-state index contributed by atoms with van der Waals surface area (Å²) in [5.74, 6) is 0. The largest absolute Gasteiger partial charge is 0.309 e. The quantitative estimate of drug-likeness (QED) is 0.171. The highest BCUT2D eigenvalue weighted by Crippen LogP contribution is 2.39. The van der Waals surface area contributed by atoms with E-state index >= 15 is 0 Å². The SMILES string of the molecule is c1ccc(-c2cccc(-n3c4ccccc4c4cc(-c5ccc6c(c5)c5ccccc5n6-c5cccc(-c6ccc7ccccc7c6)c5)ccc43)c2)cc1. The third kappa shape index (κ3) is 4.88. The molecule has 0 spiro atoms. The van der Waals surface area contributed by atoms with Crippen LogP contribution in [0.25, 0.3) is 99.1 Å². The Balaban J connectivity index is 1.04. The summed E-state index contributed by atoms with van der Waals surface area (Å²) < 4.78 is 4.82. The van der Waals surface area contributed by atoms with Gasteiger partial charge in [-0.3, -0.25) is 0 Å². The van der Waals surface area contributed by atoms with E-state index in [9.17, 15) is 0 Å². The lowest BCUT2D eigenvalue weighted by Gasteiger charge is -2.12. The highest BCUT2D eigenvalue weighted by atomic mass is 15.0. The molecule has 9 aromatic carbocycles. The first-order valence-electron chi connectivity index (χ1n) is 18.6. The predicted molar refractivity (Wildman–Crippen MR) is 229 cm³/mol. The monoisotopic (exact) mass is 686 g/mol. The minimum Gasteiger partial charge on any atom is -0.309 e. The minimum absolute atomic E-state index is 1.16. The van der Waals surface area contributed by atoms with Crippen LogP contribution in [0.3, 0.4) is 0 Å². The Morgan fingerprint density at radius 2 is 0.648 bits per heavy atom. The van der Waals surface area contributed by atoms with Crippen molar-refractivity contribution >= 4 is 54.4 Å². The average molecular weight is 687 g/mol. The molecule has 2 heterocycles. The Bertz CT molecular complexity index is 3220. The molecule has 54 heavy (non-hydrogen) atoms. The van der Waals surface area contributed by atoms with Crippen molar-refractivity contribution < 1.29 is 0 Å². The summed E-state index contributed by atoms with van der Waals surface area (Å²) >= 11 is 0. The lowest BCUT2D eigenvalue weighted by Crippen LogP contribution is -1.94. The van der Waals surface area contributed by atoms with Crippen molar-refractivity contribution in [3.63, 3.8) is 0 Å². The number of rotatable bonds is 5. The summed E-state index contributed by atoms with van der Waals surface area (Å²) in [5.41, 5.74) is 14.4. The van der Waals surface area contributed by atoms with E-state index in [0.717, 1.165) is 11.4 Å².